The Bertz CT molecular complexity index is 1220. The van der Waals surface area contributed by atoms with Crippen molar-refractivity contribution in [2.24, 2.45) is 5.92 Å². The molecule has 9 heteroatoms. The molecule has 1 aliphatic heterocycles. The lowest BCUT2D eigenvalue weighted by Gasteiger charge is -2.30. The summed E-state index contributed by atoms with van der Waals surface area (Å²) in [6.45, 7) is 2.67. The minimum absolute atomic E-state index is 0.00579. The molecular formula is C27H30FN3O5. The van der Waals surface area contributed by atoms with Gasteiger partial charge in [0.05, 0.1) is 38.5 Å². The lowest BCUT2D eigenvalue weighted by Crippen LogP contribution is -2.38. The molecule has 0 unspecified atom stereocenters. The maximum absolute atomic E-state index is 14.8. The van der Waals surface area contributed by atoms with Crippen molar-refractivity contribution >= 4 is 11.8 Å². The summed E-state index contributed by atoms with van der Waals surface area (Å²) in [7, 11) is 1.54. The van der Waals surface area contributed by atoms with Crippen LogP contribution in [0.3, 0.4) is 0 Å². The zero-order valence-corrected chi connectivity index (χ0v) is 20.2. The average Bonchev–Trinajstić information content (AvgIpc) is 3.65. The SMILES string of the molecule is COc1ccc(F)c(-n2ncc(COc3cccc([C@@H](CC(=O)O)C4CC4)c3)c2N2CCOCC2)c1. The third-order valence-electron chi connectivity index (χ3n) is 6.78. The third-order valence-corrected chi connectivity index (χ3v) is 6.78. The van der Waals surface area contributed by atoms with Gasteiger partial charge < -0.3 is 24.2 Å². The van der Waals surface area contributed by atoms with Crippen molar-refractivity contribution in [2.75, 3.05) is 38.3 Å². The Morgan fingerprint density at radius 3 is 2.72 bits per heavy atom. The van der Waals surface area contributed by atoms with E-state index in [1.54, 1.807) is 30.1 Å². The van der Waals surface area contributed by atoms with E-state index in [0.717, 1.165) is 29.8 Å². The standard InChI is InChI=1S/C27H30FN3O5/c1-34-21-7-8-24(28)25(14-21)31-27(30-9-11-35-12-10-30)20(16-29-31)17-36-22-4-2-3-19(13-22)23(15-26(32)33)18-5-6-18/h2-4,7-8,13-14,16,18,23H,5-6,9-12,15,17H2,1H3,(H,32,33)/t23-/m0/s1. The fraction of sp³-hybridized carbons (Fsp3) is 0.407. The van der Waals surface area contributed by atoms with Crippen molar-refractivity contribution in [1.82, 2.24) is 9.78 Å². The first-order valence-electron chi connectivity index (χ1n) is 12.2. The fourth-order valence-corrected chi connectivity index (χ4v) is 4.79. The molecular weight excluding hydrogens is 465 g/mol. The average molecular weight is 496 g/mol. The number of hydrogen-bond acceptors (Lipinski definition) is 6. The van der Waals surface area contributed by atoms with Gasteiger partial charge >= 0.3 is 5.97 Å². The number of aromatic nitrogens is 2. The van der Waals surface area contributed by atoms with Crippen LogP contribution in [0.4, 0.5) is 10.2 Å². The third kappa shape index (κ3) is 5.31. The zero-order chi connectivity index (χ0) is 25.1. The van der Waals surface area contributed by atoms with Crippen LogP contribution in [0.5, 0.6) is 11.5 Å². The smallest absolute Gasteiger partial charge is 0.303 e. The molecule has 1 saturated heterocycles. The van der Waals surface area contributed by atoms with Crippen LogP contribution in [0.1, 0.15) is 36.3 Å². The first-order valence-corrected chi connectivity index (χ1v) is 12.2. The van der Waals surface area contributed by atoms with Crippen LogP contribution in [-0.4, -0.2) is 54.3 Å². The number of nitrogens with zero attached hydrogens (tertiary/aromatic N) is 3. The minimum Gasteiger partial charge on any atom is -0.497 e. The Labute approximate surface area is 209 Å². The second-order valence-corrected chi connectivity index (χ2v) is 9.22. The summed E-state index contributed by atoms with van der Waals surface area (Å²) in [5, 5.41) is 13.9. The number of carboxylic acid groups (broad SMARTS) is 1. The first kappa shape index (κ1) is 24.1. The highest BCUT2D eigenvalue weighted by atomic mass is 19.1. The summed E-state index contributed by atoms with van der Waals surface area (Å²) < 4.78 is 33.4. The van der Waals surface area contributed by atoms with E-state index in [9.17, 15) is 14.3 Å². The summed E-state index contributed by atoms with van der Waals surface area (Å²) in [6, 6.07) is 12.3. The Morgan fingerprint density at radius 2 is 2.00 bits per heavy atom. The molecule has 0 radical (unpaired) electrons. The Kier molecular flexibility index (Phi) is 7.09. The fourth-order valence-electron chi connectivity index (χ4n) is 4.79. The number of methoxy groups -OCH3 is 1. The highest BCUT2D eigenvalue weighted by Gasteiger charge is 2.34. The van der Waals surface area contributed by atoms with Crippen LogP contribution in [0.25, 0.3) is 5.69 Å². The molecule has 1 atom stereocenters. The number of benzene rings is 2. The molecule has 1 N–H and O–H groups in total. The summed E-state index contributed by atoms with van der Waals surface area (Å²) in [6.07, 6.45) is 3.94. The maximum Gasteiger partial charge on any atom is 0.303 e. The molecule has 36 heavy (non-hydrogen) atoms. The van der Waals surface area contributed by atoms with Crippen LogP contribution in [0, 0.1) is 11.7 Å². The van der Waals surface area contributed by atoms with Gasteiger partial charge in [0.25, 0.3) is 0 Å². The molecule has 2 fully saturated rings. The highest BCUT2D eigenvalue weighted by molar-refractivity contribution is 5.68. The van der Waals surface area contributed by atoms with Crippen LogP contribution < -0.4 is 14.4 Å². The topological polar surface area (TPSA) is 86.0 Å². The van der Waals surface area contributed by atoms with Gasteiger partial charge in [0.1, 0.15) is 35.4 Å². The van der Waals surface area contributed by atoms with E-state index >= 15 is 0 Å². The number of anilines is 1. The molecule has 190 valence electrons. The van der Waals surface area contributed by atoms with Crippen molar-refractivity contribution in [3.8, 4) is 17.2 Å². The molecule has 0 spiro atoms. The van der Waals surface area contributed by atoms with Crippen molar-refractivity contribution in [3.63, 3.8) is 0 Å². The molecule has 8 nitrogen and oxygen atoms in total. The molecule has 0 bridgehead atoms. The van der Waals surface area contributed by atoms with Crippen LogP contribution >= 0.6 is 0 Å². The Morgan fingerprint density at radius 1 is 1.19 bits per heavy atom. The van der Waals surface area contributed by atoms with Gasteiger partial charge in [-0.05, 0) is 54.5 Å². The number of morpholine rings is 1. The number of hydrogen-bond donors (Lipinski definition) is 1. The molecule has 2 aliphatic rings. The lowest BCUT2D eigenvalue weighted by atomic mass is 9.91. The summed E-state index contributed by atoms with van der Waals surface area (Å²) in [5.74, 6) is 1.17. The predicted octanol–water partition coefficient (Wildman–Crippen LogP) is 4.40. The number of ether oxygens (including phenoxy) is 3. The monoisotopic (exact) mass is 495 g/mol. The molecule has 1 aliphatic carbocycles. The largest absolute Gasteiger partial charge is 0.497 e. The molecule has 2 heterocycles. The van der Waals surface area contributed by atoms with Crippen molar-refractivity contribution in [3.05, 3.63) is 65.6 Å². The van der Waals surface area contributed by atoms with Crippen LogP contribution in [0.2, 0.25) is 0 Å². The minimum atomic E-state index is -0.787. The van der Waals surface area contributed by atoms with Gasteiger partial charge in [0, 0.05) is 19.2 Å². The first-order chi connectivity index (χ1) is 17.5. The Hall–Kier alpha value is -3.59. The number of rotatable bonds is 10. The molecule has 1 saturated carbocycles. The zero-order valence-electron chi connectivity index (χ0n) is 20.2. The van der Waals surface area contributed by atoms with E-state index in [1.165, 1.54) is 6.07 Å². The number of carbonyl (C=O) groups is 1. The van der Waals surface area contributed by atoms with E-state index in [2.05, 4.69) is 10.00 Å². The van der Waals surface area contributed by atoms with E-state index in [0.29, 0.717) is 49.4 Å². The van der Waals surface area contributed by atoms with E-state index in [1.807, 2.05) is 24.3 Å². The second-order valence-electron chi connectivity index (χ2n) is 9.22. The molecule has 2 aromatic carbocycles. The van der Waals surface area contributed by atoms with E-state index in [-0.39, 0.29) is 18.9 Å². The lowest BCUT2D eigenvalue weighted by molar-refractivity contribution is -0.137. The predicted molar refractivity (Wildman–Crippen MR) is 132 cm³/mol. The van der Waals surface area contributed by atoms with Gasteiger partial charge in [-0.3, -0.25) is 4.79 Å². The van der Waals surface area contributed by atoms with E-state index in [4.69, 9.17) is 14.2 Å². The van der Waals surface area contributed by atoms with Gasteiger partial charge in [0.2, 0.25) is 0 Å². The summed E-state index contributed by atoms with van der Waals surface area (Å²) in [4.78, 5) is 13.5. The quantitative estimate of drug-likeness (QED) is 0.446. The number of carboxylic acids is 1. The van der Waals surface area contributed by atoms with E-state index < -0.39 is 11.8 Å². The molecule has 0 amide bonds. The highest BCUT2D eigenvalue weighted by Crippen LogP contribution is 2.45. The summed E-state index contributed by atoms with van der Waals surface area (Å²) in [5.41, 5.74) is 2.10. The van der Waals surface area contributed by atoms with Gasteiger partial charge in [-0.15, -0.1) is 0 Å². The second kappa shape index (κ2) is 10.6. The number of halogens is 1. The van der Waals surface area contributed by atoms with Gasteiger partial charge in [-0.25, -0.2) is 9.07 Å². The van der Waals surface area contributed by atoms with Crippen molar-refractivity contribution in [1.29, 1.82) is 0 Å². The molecule has 3 aromatic rings. The Balaban J connectivity index is 1.42. The maximum atomic E-state index is 14.8. The van der Waals surface area contributed by atoms with Crippen molar-refractivity contribution in [2.45, 2.75) is 31.8 Å². The van der Waals surface area contributed by atoms with Crippen molar-refractivity contribution < 1.29 is 28.5 Å². The van der Waals surface area contributed by atoms with Crippen LogP contribution in [0.15, 0.2) is 48.7 Å². The number of aliphatic carboxylic acids is 1. The molecule has 1 aromatic heterocycles. The summed E-state index contributed by atoms with van der Waals surface area (Å²) >= 11 is 0. The van der Waals surface area contributed by atoms with Crippen LogP contribution in [-0.2, 0) is 16.1 Å². The molecule has 5 rings (SSSR count). The normalized spacial score (nSPS) is 16.6. The van der Waals surface area contributed by atoms with Gasteiger partial charge in [-0.1, -0.05) is 12.1 Å². The van der Waals surface area contributed by atoms with Gasteiger partial charge in [0.15, 0.2) is 0 Å². The van der Waals surface area contributed by atoms with Gasteiger partial charge in [-0.2, -0.15) is 5.10 Å².